The van der Waals surface area contributed by atoms with Crippen LogP contribution in [0.2, 0.25) is 0 Å². The number of rotatable bonds is 9. The number of ether oxygens (including phenoxy) is 3. The minimum Gasteiger partial charge on any atom is -0.493 e. The van der Waals surface area contributed by atoms with Gasteiger partial charge in [0.1, 0.15) is 6.61 Å². The summed E-state index contributed by atoms with van der Waals surface area (Å²) in [6.07, 6.45) is 1.90. The Morgan fingerprint density at radius 2 is 1.54 bits per heavy atom. The van der Waals surface area contributed by atoms with E-state index in [4.69, 9.17) is 23.5 Å². The molecule has 1 aliphatic rings. The first-order valence-corrected chi connectivity index (χ1v) is 11.3. The van der Waals surface area contributed by atoms with Gasteiger partial charge in [-0.3, -0.25) is 4.79 Å². The second-order valence-electron chi connectivity index (χ2n) is 9.18. The Hall–Kier alpha value is -3.30. The fourth-order valence-corrected chi connectivity index (χ4v) is 3.48. The van der Waals surface area contributed by atoms with Crippen molar-refractivity contribution in [2.24, 2.45) is 0 Å². The lowest BCUT2D eigenvalue weighted by atomic mass is 9.76. The van der Waals surface area contributed by atoms with Crippen LogP contribution >= 0.6 is 0 Å². The Morgan fingerprint density at radius 3 is 2.09 bits per heavy atom. The van der Waals surface area contributed by atoms with E-state index < -0.39 is 24.4 Å². The molecule has 0 saturated carbocycles. The Morgan fingerprint density at radius 1 is 0.971 bits per heavy atom. The Bertz CT molecular complexity index is 1070. The van der Waals surface area contributed by atoms with Gasteiger partial charge >= 0.3 is 13.2 Å². The van der Waals surface area contributed by atoms with Gasteiger partial charge in [0.2, 0.25) is 0 Å². The van der Waals surface area contributed by atoms with Crippen molar-refractivity contribution in [2.45, 2.75) is 45.5 Å². The highest BCUT2D eigenvalue weighted by molar-refractivity contribution is 6.56. The Kier molecular flexibility index (Phi) is 8.24. The molecule has 1 saturated heterocycles. The molecule has 1 amide bonds. The van der Waals surface area contributed by atoms with Crippen LogP contribution in [-0.4, -0.2) is 51.5 Å². The first kappa shape index (κ1) is 26.3. The van der Waals surface area contributed by atoms with Crippen molar-refractivity contribution in [3.05, 3.63) is 64.6 Å². The molecule has 0 radical (unpaired) electrons. The highest BCUT2D eigenvalue weighted by Gasteiger charge is 2.52. The first-order chi connectivity index (χ1) is 16.6. The van der Waals surface area contributed by atoms with E-state index in [1.54, 1.807) is 18.2 Å². The summed E-state index contributed by atoms with van der Waals surface area (Å²) in [6.45, 7) is 8.00. The van der Waals surface area contributed by atoms with Crippen LogP contribution in [-0.2, 0) is 20.7 Å². The normalized spacial score (nSPS) is 16.5. The molecule has 186 valence electrons. The number of alkyl carbamates (subject to hydrolysis) is 1. The van der Waals surface area contributed by atoms with Crippen molar-refractivity contribution < 1.29 is 33.1 Å². The van der Waals surface area contributed by atoms with Crippen molar-refractivity contribution >= 4 is 25.6 Å². The summed E-state index contributed by atoms with van der Waals surface area (Å²) >= 11 is 0. The molecule has 0 unspecified atom stereocenters. The van der Waals surface area contributed by atoms with Crippen LogP contribution in [0.4, 0.5) is 4.79 Å². The highest BCUT2D eigenvalue weighted by Crippen LogP contribution is 2.39. The maximum absolute atomic E-state index is 12.4. The van der Waals surface area contributed by atoms with Gasteiger partial charge in [-0.05, 0) is 56.4 Å². The predicted octanol–water partition coefficient (Wildman–Crippen LogP) is 4.46. The SMILES string of the molecule is COc1cc(C=O)c(C=C(CNC(=O)OCc2ccccc2)B2OC(C)(C)C(C)(C)O2)cc1OC. The molecular formula is C26H32BNO7. The van der Waals surface area contributed by atoms with Gasteiger partial charge in [-0.2, -0.15) is 0 Å². The molecule has 0 aromatic heterocycles. The van der Waals surface area contributed by atoms with Crippen LogP contribution in [0.1, 0.15) is 49.2 Å². The number of carbonyl (C=O) groups is 2. The van der Waals surface area contributed by atoms with E-state index in [1.165, 1.54) is 14.2 Å². The summed E-state index contributed by atoms with van der Waals surface area (Å²) in [7, 11) is 2.27. The summed E-state index contributed by atoms with van der Waals surface area (Å²) in [6, 6.07) is 12.7. The van der Waals surface area contributed by atoms with Gasteiger partial charge < -0.3 is 28.8 Å². The van der Waals surface area contributed by atoms with Crippen LogP contribution < -0.4 is 14.8 Å². The Labute approximate surface area is 206 Å². The number of aldehydes is 1. The smallest absolute Gasteiger partial charge is 0.492 e. The van der Waals surface area contributed by atoms with E-state index in [1.807, 2.05) is 58.0 Å². The van der Waals surface area contributed by atoms with Gasteiger partial charge in [-0.25, -0.2) is 4.79 Å². The van der Waals surface area contributed by atoms with Crippen molar-refractivity contribution in [3.63, 3.8) is 0 Å². The van der Waals surface area contributed by atoms with E-state index in [0.717, 1.165) is 11.8 Å². The van der Waals surface area contributed by atoms with Crippen LogP contribution in [0.15, 0.2) is 47.9 Å². The number of methoxy groups -OCH3 is 2. The fraction of sp³-hybridized carbons (Fsp3) is 0.385. The van der Waals surface area contributed by atoms with E-state index in [0.29, 0.717) is 28.1 Å². The van der Waals surface area contributed by atoms with Crippen molar-refractivity contribution in [1.82, 2.24) is 5.32 Å². The molecule has 0 bridgehead atoms. The van der Waals surface area contributed by atoms with Gasteiger partial charge in [0.25, 0.3) is 0 Å². The molecule has 2 aromatic rings. The van der Waals surface area contributed by atoms with Gasteiger partial charge in [0.15, 0.2) is 17.8 Å². The monoisotopic (exact) mass is 481 g/mol. The average molecular weight is 481 g/mol. The van der Waals surface area contributed by atoms with Crippen molar-refractivity contribution in [1.29, 1.82) is 0 Å². The van der Waals surface area contributed by atoms with Gasteiger partial charge in [-0.1, -0.05) is 36.4 Å². The maximum Gasteiger partial charge on any atom is 0.492 e. The Balaban J connectivity index is 1.87. The number of hydrogen-bond acceptors (Lipinski definition) is 7. The molecule has 1 N–H and O–H groups in total. The molecule has 2 aromatic carbocycles. The molecule has 35 heavy (non-hydrogen) atoms. The minimum absolute atomic E-state index is 0.0804. The van der Waals surface area contributed by atoms with Crippen LogP contribution in [0.5, 0.6) is 11.5 Å². The average Bonchev–Trinajstić information content (AvgIpc) is 3.06. The predicted molar refractivity (Wildman–Crippen MR) is 134 cm³/mol. The van der Waals surface area contributed by atoms with Crippen LogP contribution in [0.25, 0.3) is 6.08 Å². The number of benzene rings is 2. The van der Waals surface area contributed by atoms with Gasteiger partial charge in [0, 0.05) is 12.1 Å². The molecule has 1 aliphatic heterocycles. The fourth-order valence-electron chi connectivity index (χ4n) is 3.48. The summed E-state index contributed by atoms with van der Waals surface area (Å²) < 4.78 is 28.5. The zero-order valence-corrected chi connectivity index (χ0v) is 21.0. The third kappa shape index (κ3) is 6.23. The lowest BCUT2D eigenvalue weighted by Crippen LogP contribution is -2.41. The number of amides is 1. The highest BCUT2D eigenvalue weighted by atomic mass is 16.7. The zero-order chi connectivity index (χ0) is 25.6. The van der Waals surface area contributed by atoms with E-state index in [2.05, 4.69) is 5.32 Å². The number of carbonyl (C=O) groups excluding carboxylic acids is 2. The summed E-state index contributed by atoms with van der Waals surface area (Å²) in [5.41, 5.74) is 1.27. The van der Waals surface area contributed by atoms with Gasteiger partial charge in [0.05, 0.1) is 25.4 Å². The minimum atomic E-state index is -0.748. The summed E-state index contributed by atoms with van der Waals surface area (Å²) in [5.74, 6) is 0.902. The second kappa shape index (κ2) is 11.0. The standard InChI is InChI=1S/C26H32BNO7/c1-25(2)26(3,4)35-27(34-25)21(15-28-24(30)33-17-18-10-8-7-9-11-18)12-19-13-22(31-5)23(32-6)14-20(19)16-29/h7-14,16H,15,17H2,1-6H3,(H,28,30). The van der Waals surface area contributed by atoms with E-state index >= 15 is 0 Å². The first-order valence-electron chi connectivity index (χ1n) is 11.3. The summed E-state index contributed by atoms with van der Waals surface area (Å²) in [4.78, 5) is 24.2. The maximum atomic E-state index is 12.4. The van der Waals surface area contributed by atoms with Crippen molar-refractivity contribution in [3.8, 4) is 11.5 Å². The molecule has 9 heteroatoms. The molecule has 1 fully saturated rings. The third-order valence-corrected chi connectivity index (χ3v) is 6.26. The molecule has 0 spiro atoms. The topological polar surface area (TPSA) is 92.3 Å². The number of hydrogen-bond donors (Lipinski definition) is 1. The van der Waals surface area contributed by atoms with Crippen molar-refractivity contribution in [2.75, 3.05) is 20.8 Å². The lowest BCUT2D eigenvalue weighted by molar-refractivity contribution is 0.00578. The second-order valence-corrected chi connectivity index (χ2v) is 9.18. The molecule has 0 aliphatic carbocycles. The molecular weight excluding hydrogens is 449 g/mol. The third-order valence-electron chi connectivity index (χ3n) is 6.26. The quantitative estimate of drug-likeness (QED) is 0.418. The lowest BCUT2D eigenvalue weighted by Gasteiger charge is -2.32. The van der Waals surface area contributed by atoms with E-state index in [-0.39, 0.29) is 13.2 Å². The largest absolute Gasteiger partial charge is 0.493 e. The molecule has 0 atom stereocenters. The van der Waals surface area contributed by atoms with Crippen LogP contribution in [0.3, 0.4) is 0 Å². The molecule has 3 rings (SSSR count). The van der Waals surface area contributed by atoms with E-state index in [9.17, 15) is 9.59 Å². The summed E-state index contributed by atoms with van der Waals surface area (Å²) in [5, 5.41) is 2.76. The molecule has 1 heterocycles. The van der Waals surface area contributed by atoms with Gasteiger partial charge in [-0.15, -0.1) is 0 Å². The number of nitrogens with one attached hydrogen (secondary N) is 1. The molecule has 8 nitrogen and oxygen atoms in total. The van der Waals surface area contributed by atoms with Crippen LogP contribution in [0, 0.1) is 0 Å². The zero-order valence-electron chi connectivity index (χ0n) is 21.0.